The number of carbonyl (C=O) groups excluding carboxylic acids is 1. The van der Waals surface area contributed by atoms with Gasteiger partial charge < -0.3 is 10.6 Å². The molecule has 1 fully saturated rings. The summed E-state index contributed by atoms with van der Waals surface area (Å²) >= 11 is 0. The van der Waals surface area contributed by atoms with E-state index in [9.17, 15) is 13.6 Å². The standard InChI is InChI=1S/C15H20F2N2O.ClH/c16-11-14(20)19-7-4-12-2-1-3-13(10-12)15(17)5-8-18-9-6-15;/h1-3,10,18H,4-9,11H2,(H,19,20);1H. The molecule has 0 radical (unpaired) electrons. The first-order chi connectivity index (χ1) is 9.64. The smallest absolute Gasteiger partial charge is 0.251 e. The lowest BCUT2D eigenvalue weighted by Gasteiger charge is -2.30. The van der Waals surface area contributed by atoms with Gasteiger partial charge in [0.05, 0.1) is 0 Å². The van der Waals surface area contributed by atoms with E-state index in [0.29, 0.717) is 44.5 Å². The van der Waals surface area contributed by atoms with Crippen molar-refractivity contribution in [2.45, 2.75) is 24.9 Å². The molecule has 0 atom stereocenters. The molecule has 2 N–H and O–H groups in total. The van der Waals surface area contributed by atoms with E-state index in [4.69, 9.17) is 0 Å². The zero-order valence-electron chi connectivity index (χ0n) is 11.8. The van der Waals surface area contributed by atoms with Gasteiger partial charge in [0.15, 0.2) is 6.67 Å². The molecule has 1 saturated heterocycles. The average molecular weight is 319 g/mol. The molecular weight excluding hydrogens is 298 g/mol. The minimum Gasteiger partial charge on any atom is -0.353 e. The number of amides is 1. The third kappa shape index (κ3) is 4.93. The van der Waals surface area contributed by atoms with E-state index >= 15 is 0 Å². The Labute approximate surface area is 129 Å². The van der Waals surface area contributed by atoms with E-state index in [0.717, 1.165) is 5.56 Å². The second-order valence-corrected chi connectivity index (χ2v) is 5.15. The summed E-state index contributed by atoms with van der Waals surface area (Å²) in [7, 11) is 0. The van der Waals surface area contributed by atoms with E-state index < -0.39 is 18.3 Å². The van der Waals surface area contributed by atoms with Gasteiger partial charge in [0.25, 0.3) is 5.91 Å². The number of hydrogen-bond acceptors (Lipinski definition) is 2. The first-order valence-corrected chi connectivity index (χ1v) is 6.96. The topological polar surface area (TPSA) is 41.1 Å². The summed E-state index contributed by atoms with van der Waals surface area (Å²) in [4.78, 5) is 10.8. The largest absolute Gasteiger partial charge is 0.353 e. The zero-order chi connectivity index (χ0) is 14.4. The fourth-order valence-corrected chi connectivity index (χ4v) is 2.51. The lowest BCUT2D eigenvalue weighted by molar-refractivity contribution is -0.121. The van der Waals surface area contributed by atoms with Crippen molar-refractivity contribution in [2.75, 3.05) is 26.3 Å². The Morgan fingerprint density at radius 2 is 2.05 bits per heavy atom. The summed E-state index contributed by atoms with van der Waals surface area (Å²) in [5.74, 6) is -0.610. The van der Waals surface area contributed by atoms with Crippen LogP contribution in [0.3, 0.4) is 0 Å². The number of halogens is 3. The Morgan fingerprint density at radius 1 is 1.33 bits per heavy atom. The molecule has 118 valence electrons. The maximum Gasteiger partial charge on any atom is 0.251 e. The highest BCUT2D eigenvalue weighted by Gasteiger charge is 2.33. The van der Waals surface area contributed by atoms with Crippen LogP contribution in [0.1, 0.15) is 24.0 Å². The molecule has 1 aliphatic heterocycles. The van der Waals surface area contributed by atoms with Gasteiger partial charge in [0.1, 0.15) is 5.67 Å². The molecule has 0 unspecified atom stereocenters. The molecule has 1 amide bonds. The number of alkyl halides is 2. The van der Waals surface area contributed by atoms with Gasteiger partial charge in [-0.05, 0) is 43.5 Å². The Morgan fingerprint density at radius 3 is 2.71 bits per heavy atom. The molecule has 1 heterocycles. The minimum atomic E-state index is -1.26. The average Bonchev–Trinajstić information content (AvgIpc) is 2.48. The van der Waals surface area contributed by atoms with Crippen molar-refractivity contribution in [3.8, 4) is 0 Å². The second kappa shape index (κ2) is 8.29. The number of hydrogen-bond donors (Lipinski definition) is 2. The highest BCUT2D eigenvalue weighted by Crippen LogP contribution is 2.35. The third-order valence-corrected chi connectivity index (χ3v) is 3.70. The molecular formula is C15H21ClF2N2O. The highest BCUT2D eigenvalue weighted by molar-refractivity contribution is 5.85. The van der Waals surface area contributed by atoms with E-state index in [1.54, 1.807) is 0 Å². The Bertz CT molecular complexity index is 465. The van der Waals surface area contributed by atoms with Gasteiger partial charge >= 0.3 is 0 Å². The number of nitrogens with one attached hydrogen (secondary N) is 2. The van der Waals surface area contributed by atoms with Gasteiger partial charge in [0.2, 0.25) is 0 Å². The summed E-state index contributed by atoms with van der Waals surface area (Å²) in [5, 5.41) is 5.63. The molecule has 0 saturated carbocycles. The first-order valence-electron chi connectivity index (χ1n) is 6.96. The number of rotatable bonds is 5. The van der Waals surface area contributed by atoms with Crippen molar-refractivity contribution in [3.05, 3.63) is 35.4 Å². The number of carbonyl (C=O) groups is 1. The summed E-state index contributed by atoms with van der Waals surface area (Å²) in [6.07, 6.45) is 1.54. The van der Waals surface area contributed by atoms with Gasteiger partial charge in [-0.1, -0.05) is 24.3 Å². The molecule has 0 spiro atoms. The van der Waals surface area contributed by atoms with Crippen molar-refractivity contribution >= 4 is 18.3 Å². The molecule has 1 aromatic carbocycles. The third-order valence-electron chi connectivity index (χ3n) is 3.70. The molecule has 0 bridgehead atoms. The van der Waals surface area contributed by atoms with Crippen LogP contribution in [-0.4, -0.2) is 32.2 Å². The second-order valence-electron chi connectivity index (χ2n) is 5.15. The van der Waals surface area contributed by atoms with Gasteiger partial charge in [-0.15, -0.1) is 12.4 Å². The van der Waals surface area contributed by atoms with Crippen LogP contribution in [0, 0.1) is 0 Å². The quantitative estimate of drug-likeness (QED) is 0.874. The van der Waals surface area contributed by atoms with Crippen molar-refractivity contribution in [1.82, 2.24) is 10.6 Å². The molecule has 1 aliphatic rings. The zero-order valence-corrected chi connectivity index (χ0v) is 12.6. The van der Waals surface area contributed by atoms with E-state index in [1.165, 1.54) is 0 Å². The van der Waals surface area contributed by atoms with Gasteiger partial charge in [0, 0.05) is 6.54 Å². The summed E-state index contributed by atoms with van der Waals surface area (Å²) in [5.41, 5.74) is 0.397. The Hall–Kier alpha value is -1.20. The summed E-state index contributed by atoms with van der Waals surface area (Å²) in [6, 6.07) is 7.41. The lowest BCUT2D eigenvalue weighted by Crippen LogP contribution is -2.36. The summed E-state index contributed by atoms with van der Waals surface area (Å²) < 4.78 is 26.8. The van der Waals surface area contributed by atoms with Gasteiger partial charge in [-0.25, -0.2) is 8.78 Å². The van der Waals surface area contributed by atoms with Crippen molar-refractivity contribution in [2.24, 2.45) is 0 Å². The van der Waals surface area contributed by atoms with Crippen molar-refractivity contribution in [1.29, 1.82) is 0 Å². The van der Waals surface area contributed by atoms with Crippen LogP contribution in [0.25, 0.3) is 0 Å². The van der Waals surface area contributed by atoms with E-state index in [-0.39, 0.29) is 12.4 Å². The summed E-state index contributed by atoms with van der Waals surface area (Å²) in [6.45, 7) is 0.744. The van der Waals surface area contributed by atoms with Crippen LogP contribution in [0.15, 0.2) is 24.3 Å². The predicted octanol–water partition coefficient (Wildman–Crippen LogP) is 2.28. The fourth-order valence-electron chi connectivity index (χ4n) is 2.51. The van der Waals surface area contributed by atoms with Crippen LogP contribution >= 0.6 is 12.4 Å². The fraction of sp³-hybridized carbons (Fsp3) is 0.533. The van der Waals surface area contributed by atoms with Crippen LogP contribution in [-0.2, 0) is 16.9 Å². The van der Waals surface area contributed by atoms with Crippen LogP contribution in [0.4, 0.5) is 8.78 Å². The van der Waals surface area contributed by atoms with Crippen LogP contribution in [0.5, 0.6) is 0 Å². The Balaban J connectivity index is 0.00000220. The van der Waals surface area contributed by atoms with E-state index in [2.05, 4.69) is 10.6 Å². The lowest BCUT2D eigenvalue weighted by atomic mass is 9.86. The number of piperidine rings is 1. The van der Waals surface area contributed by atoms with Gasteiger partial charge in [-0.3, -0.25) is 4.79 Å². The van der Waals surface area contributed by atoms with Crippen molar-refractivity contribution < 1.29 is 13.6 Å². The number of benzene rings is 1. The molecule has 21 heavy (non-hydrogen) atoms. The van der Waals surface area contributed by atoms with Crippen LogP contribution in [0.2, 0.25) is 0 Å². The SMILES string of the molecule is Cl.O=C(CF)NCCc1cccc(C2(F)CCNCC2)c1. The molecule has 1 aromatic rings. The van der Waals surface area contributed by atoms with Crippen LogP contribution < -0.4 is 10.6 Å². The molecule has 3 nitrogen and oxygen atoms in total. The maximum absolute atomic E-state index is 14.8. The monoisotopic (exact) mass is 318 g/mol. The normalized spacial score (nSPS) is 16.9. The predicted molar refractivity (Wildman–Crippen MR) is 81.3 cm³/mol. The van der Waals surface area contributed by atoms with Gasteiger partial charge in [-0.2, -0.15) is 0 Å². The first kappa shape index (κ1) is 17.9. The minimum absolute atomic E-state index is 0. The molecule has 0 aliphatic carbocycles. The Kier molecular flexibility index (Phi) is 7.05. The highest BCUT2D eigenvalue weighted by atomic mass is 35.5. The molecule has 0 aromatic heterocycles. The molecule has 6 heteroatoms. The van der Waals surface area contributed by atoms with Crippen molar-refractivity contribution in [3.63, 3.8) is 0 Å². The van der Waals surface area contributed by atoms with E-state index in [1.807, 2.05) is 24.3 Å². The maximum atomic E-state index is 14.8. The molecule has 2 rings (SSSR count).